The Balaban J connectivity index is 1.41. The molecule has 9 heteroatoms. The van der Waals surface area contributed by atoms with Crippen LogP contribution in [0.25, 0.3) is 10.2 Å². The predicted octanol–water partition coefficient (Wildman–Crippen LogP) is 4.32. The van der Waals surface area contributed by atoms with Gasteiger partial charge in [-0.25, -0.2) is 9.37 Å². The molecule has 0 spiro atoms. The highest BCUT2D eigenvalue weighted by Gasteiger charge is 2.33. The quantitative estimate of drug-likeness (QED) is 0.455. The third-order valence-electron chi connectivity index (χ3n) is 6.03. The minimum absolute atomic E-state index is 0.155. The molecule has 1 unspecified atom stereocenters. The Morgan fingerprint density at radius 3 is 2.72 bits per heavy atom. The fourth-order valence-electron chi connectivity index (χ4n) is 4.40. The van der Waals surface area contributed by atoms with Crippen LogP contribution in [0.4, 0.5) is 4.39 Å². The van der Waals surface area contributed by atoms with E-state index in [2.05, 4.69) is 9.97 Å². The van der Waals surface area contributed by atoms with Crippen molar-refractivity contribution in [2.75, 3.05) is 6.54 Å². The lowest BCUT2D eigenvalue weighted by molar-refractivity contribution is -0.127. The first kappa shape index (κ1) is 21.3. The molecule has 5 rings (SSSR count). The molecule has 6 nitrogen and oxygen atoms in total. The van der Waals surface area contributed by atoms with Crippen LogP contribution in [-0.4, -0.2) is 38.5 Å². The maximum Gasteiger partial charge on any atom is 0.260 e. The number of nitrogens with zero attached hydrogens (tertiary/aromatic N) is 2. The van der Waals surface area contributed by atoms with Crippen molar-refractivity contribution in [3.63, 3.8) is 0 Å². The standard InChI is InChI=1S/C23H22FN3O3S2/c24-14-10-8-13(9-11-14)21(29)27-12-4-3-7-17(22(27)30)32-23-25-19(28)18-15-5-1-2-6-16(15)31-20(18)26-23/h8-11,17H,1-7,12H2,(H,25,26,28). The number of benzene rings is 1. The number of carbonyl (C=O) groups excluding carboxylic acids is 2. The Hall–Kier alpha value is -2.52. The maximum absolute atomic E-state index is 13.2. The summed E-state index contributed by atoms with van der Waals surface area (Å²) >= 11 is 2.79. The fraction of sp³-hybridized carbons (Fsp3) is 0.391. The van der Waals surface area contributed by atoms with Gasteiger partial charge < -0.3 is 4.98 Å². The second-order valence-electron chi connectivity index (χ2n) is 8.17. The molecule has 1 aliphatic heterocycles. The van der Waals surface area contributed by atoms with E-state index in [4.69, 9.17) is 0 Å². The Kier molecular flexibility index (Phi) is 5.86. The van der Waals surface area contributed by atoms with E-state index in [1.54, 1.807) is 11.3 Å². The molecule has 0 radical (unpaired) electrons. The molecule has 1 aliphatic carbocycles. The minimum Gasteiger partial charge on any atom is -0.301 e. The molecule has 2 amide bonds. The molecule has 32 heavy (non-hydrogen) atoms. The van der Waals surface area contributed by atoms with Crippen molar-refractivity contribution in [2.24, 2.45) is 0 Å². The second-order valence-corrected chi connectivity index (χ2v) is 10.4. The Bertz CT molecular complexity index is 1250. The number of nitrogens with one attached hydrogen (secondary N) is 1. The third kappa shape index (κ3) is 3.99. The molecule has 2 aliphatic rings. The fourth-order valence-corrected chi connectivity index (χ4v) is 6.80. The van der Waals surface area contributed by atoms with Gasteiger partial charge in [0.1, 0.15) is 10.6 Å². The van der Waals surface area contributed by atoms with Gasteiger partial charge in [0.15, 0.2) is 5.16 Å². The van der Waals surface area contributed by atoms with Crippen LogP contribution in [0.2, 0.25) is 0 Å². The monoisotopic (exact) mass is 471 g/mol. The summed E-state index contributed by atoms with van der Waals surface area (Å²) in [5.41, 5.74) is 1.25. The van der Waals surface area contributed by atoms with E-state index in [0.29, 0.717) is 29.9 Å². The van der Waals surface area contributed by atoms with Crippen molar-refractivity contribution >= 4 is 45.1 Å². The first-order valence-electron chi connectivity index (χ1n) is 10.8. The molecule has 1 aromatic carbocycles. The van der Waals surface area contributed by atoms with Gasteiger partial charge in [0.05, 0.1) is 10.6 Å². The van der Waals surface area contributed by atoms with E-state index in [1.807, 2.05) is 0 Å². The van der Waals surface area contributed by atoms with Gasteiger partial charge in [-0.2, -0.15) is 0 Å². The van der Waals surface area contributed by atoms with Gasteiger partial charge in [0.25, 0.3) is 11.5 Å². The molecular formula is C23H22FN3O3S2. The summed E-state index contributed by atoms with van der Waals surface area (Å²) in [5.74, 6) is -1.15. The number of aryl methyl sites for hydroxylation is 2. The van der Waals surface area contributed by atoms with Gasteiger partial charge in [-0.1, -0.05) is 18.2 Å². The molecule has 3 heterocycles. The number of hydrogen-bond donors (Lipinski definition) is 1. The van der Waals surface area contributed by atoms with E-state index >= 15 is 0 Å². The van der Waals surface area contributed by atoms with Gasteiger partial charge in [-0.3, -0.25) is 19.3 Å². The number of imide groups is 1. The maximum atomic E-state index is 13.2. The predicted molar refractivity (Wildman–Crippen MR) is 123 cm³/mol. The molecule has 166 valence electrons. The zero-order chi connectivity index (χ0) is 22.2. The van der Waals surface area contributed by atoms with Gasteiger partial charge >= 0.3 is 0 Å². The van der Waals surface area contributed by atoms with Gasteiger partial charge in [-0.05, 0) is 68.4 Å². The number of aromatic amines is 1. The van der Waals surface area contributed by atoms with Crippen molar-refractivity contribution in [2.45, 2.75) is 55.4 Å². The molecule has 1 saturated heterocycles. The van der Waals surface area contributed by atoms with Gasteiger partial charge in [-0.15, -0.1) is 11.3 Å². The Morgan fingerprint density at radius 1 is 1.12 bits per heavy atom. The summed E-state index contributed by atoms with van der Waals surface area (Å²) in [4.78, 5) is 49.7. The van der Waals surface area contributed by atoms with Crippen molar-refractivity contribution in [3.8, 4) is 0 Å². The van der Waals surface area contributed by atoms with Crippen molar-refractivity contribution in [1.29, 1.82) is 0 Å². The van der Waals surface area contributed by atoms with Crippen LogP contribution >= 0.6 is 23.1 Å². The van der Waals surface area contributed by atoms with Crippen LogP contribution in [-0.2, 0) is 17.6 Å². The second kappa shape index (κ2) is 8.78. The van der Waals surface area contributed by atoms with Crippen LogP contribution in [0, 0.1) is 5.82 Å². The lowest BCUT2D eigenvalue weighted by Gasteiger charge is -2.22. The summed E-state index contributed by atoms with van der Waals surface area (Å²) in [6.45, 7) is 0.326. The summed E-state index contributed by atoms with van der Waals surface area (Å²) < 4.78 is 13.2. The molecular weight excluding hydrogens is 449 g/mol. The van der Waals surface area contributed by atoms with Crippen molar-refractivity contribution in [3.05, 3.63) is 56.4 Å². The number of H-pyrrole nitrogens is 1. The van der Waals surface area contributed by atoms with Gasteiger partial charge in [0, 0.05) is 17.0 Å². The van der Waals surface area contributed by atoms with Crippen LogP contribution < -0.4 is 5.56 Å². The summed E-state index contributed by atoms with van der Waals surface area (Å²) in [7, 11) is 0. The SMILES string of the molecule is O=C(c1ccc(F)cc1)N1CCCCC(Sc2nc3sc4c(c3c(=O)[nH]2)CCCC4)C1=O. The Labute approximate surface area is 192 Å². The van der Waals surface area contributed by atoms with Crippen molar-refractivity contribution < 1.29 is 14.0 Å². The van der Waals surface area contributed by atoms with E-state index < -0.39 is 17.0 Å². The van der Waals surface area contributed by atoms with Gasteiger partial charge in [0.2, 0.25) is 5.91 Å². The number of thiophene rings is 1. The summed E-state index contributed by atoms with van der Waals surface area (Å²) in [5, 5.41) is 0.585. The normalized spacial score (nSPS) is 19.1. The zero-order valence-corrected chi connectivity index (χ0v) is 19.0. The molecule has 1 atom stereocenters. The molecule has 2 aromatic heterocycles. The number of hydrogen-bond acceptors (Lipinski definition) is 6. The largest absolute Gasteiger partial charge is 0.301 e. The minimum atomic E-state index is -0.517. The zero-order valence-electron chi connectivity index (χ0n) is 17.4. The van der Waals surface area contributed by atoms with E-state index in [-0.39, 0.29) is 17.0 Å². The van der Waals surface area contributed by atoms with E-state index in [9.17, 15) is 18.8 Å². The number of likely N-dealkylation sites (tertiary alicyclic amines) is 1. The van der Waals surface area contributed by atoms with Crippen molar-refractivity contribution in [1.82, 2.24) is 14.9 Å². The third-order valence-corrected chi connectivity index (χ3v) is 8.36. The number of fused-ring (bicyclic) bond motifs is 3. The molecule has 1 fully saturated rings. The molecule has 0 saturated carbocycles. The molecule has 1 N–H and O–H groups in total. The van der Waals surface area contributed by atoms with E-state index in [1.165, 1.54) is 45.8 Å². The number of halogens is 1. The van der Waals surface area contributed by atoms with E-state index in [0.717, 1.165) is 42.5 Å². The number of amides is 2. The first-order valence-corrected chi connectivity index (χ1v) is 12.5. The lowest BCUT2D eigenvalue weighted by Crippen LogP contribution is -2.41. The first-order chi connectivity index (χ1) is 15.5. The van der Waals surface area contributed by atoms with Crippen LogP contribution in [0.5, 0.6) is 0 Å². The topological polar surface area (TPSA) is 83.1 Å². The highest BCUT2D eigenvalue weighted by atomic mass is 32.2. The highest BCUT2D eigenvalue weighted by Crippen LogP contribution is 2.35. The smallest absolute Gasteiger partial charge is 0.260 e. The molecule has 0 bridgehead atoms. The van der Waals surface area contributed by atoms with Crippen LogP contribution in [0.1, 0.15) is 52.9 Å². The molecule has 3 aromatic rings. The average Bonchev–Trinajstić information content (AvgIpc) is 3.07. The number of thioether (sulfide) groups is 1. The number of aromatic nitrogens is 2. The lowest BCUT2D eigenvalue weighted by atomic mass is 9.97. The number of carbonyl (C=O) groups is 2. The summed E-state index contributed by atoms with van der Waals surface area (Å²) in [6, 6.07) is 5.21. The van der Waals surface area contributed by atoms with Crippen LogP contribution in [0.15, 0.2) is 34.2 Å². The Morgan fingerprint density at radius 2 is 1.91 bits per heavy atom. The number of rotatable bonds is 3. The van der Waals surface area contributed by atoms with Crippen LogP contribution in [0.3, 0.4) is 0 Å². The highest BCUT2D eigenvalue weighted by molar-refractivity contribution is 8.00. The summed E-state index contributed by atoms with van der Waals surface area (Å²) in [6.07, 6.45) is 6.21. The average molecular weight is 472 g/mol.